The molecule has 1 aliphatic heterocycles. The molecule has 0 radical (unpaired) electrons. The first-order valence-electron chi connectivity index (χ1n) is 9.88. The number of hydrogen-bond donors (Lipinski definition) is 2. The van der Waals surface area contributed by atoms with E-state index in [0.717, 1.165) is 11.1 Å². The van der Waals surface area contributed by atoms with Crippen LogP contribution in [0.4, 0.5) is 0 Å². The van der Waals surface area contributed by atoms with Crippen LogP contribution in [-0.2, 0) is 16.0 Å². The van der Waals surface area contributed by atoms with Crippen molar-refractivity contribution in [2.45, 2.75) is 45.7 Å². The maximum Gasteiger partial charge on any atom is 0.227 e. The highest BCUT2D eigenvalue weighted by atomic mass is 16.5. The Labute approximate surface area is 173 Å². The zero-order valence-electron chi connectivity index (χ0n) is 17.2. The van der Waals surface area contributed by atoms with Crippen molar-refractivity contribution in [3.8, 4) is 11.4 Å². The Hall–Kier alpha value is -3.49. The Morgan fingerprint density at radius 1 is 1.27 bits per heavy atom. The Morgan fingerprint density at radius 3 is 2.70 bits per heavy atom. The van der Waals surface area contributed by atoms with Crippen molar-refractivity contribution < 1.29 is 14.1 Å². The van der Waals surface area contributed by atoms with Gasteiger partial charge in [0.15, 0.2) is 5.82 Å². The van der Waals surface area contributed by atoms with Crippen LogP contribution in [0.1, 0.15) is 42.2 Å². The zero-order valence-corrected chi connectivity index (χ0v) is 17.2. The van der Waals surface area contributed by atoms with Gasteiger partial charge in [0.25, 0.3) is 0 Å². The van der Waals surface area contributed by atoms with Crippen molar-refractivity contribution in [3.63, 3.8) is 0 Å². The van der Waals surface area contributed by atoms with Crippen LogP contribution in [0, 0.1) is 13.8 Å². The minimum absolute atomic E-state index is 0.0695. The van der Waals surface area contributed by atoms with Crippen molar-refractivity contribution in [1.29, 1.82) is 0 Å². The van der Waals surface area contributed by atoms with Gasteiger partial charge in [0.1, 0.15) is 11.6 Å². The van der Waals surface area contributed by atoms with E-state index in [-0.39, 0.29) is 30.3 Å². The summed E-state index contributed by atoms with van der Waals surface area (Å²) in [7, 11) is 0. The SMILES string of the molecule is CC(=O)N[C@H]1C[C@@H](c2nc(-c3ccccc3)n[nH]2)N(C(=O)Cc2c(C)noc2C)C1. The lowest BCUT2D eigenvalue weighted by Gasteiger charge is -2.22. The number of H-pyrrole nitrogens is 1. The average molecular weight is 408 g/mol. The highest BCUT2D eigenvalue weighted by Crippen LogP contribution is 2.32. The van der Waals surface area contributed by atoms with Crippen molar-refractivity contribution in [2.75, 3.05) is 6.54 Å². The molecule has 2 atom stereocenters. The van der Waals surface area contributed by atoms with E-state index in [9.17, 15) is 9.59 Å². The van der Waals surface area contributed by atoms with Crippen molar-refractivity contribution >= 4 is 11.8 Å². The molecule has 1 aliphatic rings. The molecule has 1 aromatic carbocycles. The van der Waals surface area contributed by atoms with Crippen molar-refractivity contribution in [2.24, 2.45) is 0 Å². The monoisotopic (exact) mass is 408 g/mol. The molecule has 2 N–H and O–H groups in total. The van der Waals surface area contributed by atoms with E-state index >= 15 is 0 Å². The van der Waals surface area contributed by atoms with E-state index in [1.165, 1.54) is 6.92 Å². The fourth-order valence-electron chi connectivity index (χ4n) is 3.91. The normalized spacial score (nSPS) is 18.6. The molecule has 3 heterocycles. The summed E-state index contributed by atoms with van der Waals surface area (Å²) in [6.45, 7) is 5.51. The molecule has 30 heavy (non-hydrogen) atoms. The molecule has 0 unspecified atom stereocenters. The number of aromatic nitrogens is 4. The largest absolute Gasteiger partial charge is 0.361 e. The molecule has 1 saturated heterocycles. The first-order chi connectivity index (χ1) is 14.4. The summed E-state index contributed by atoms with van der Waals surface area (Å²) >= 11 is 0. The third-order valence-electron chi connectivity index (χ3n) is 5.39. The number of nitrogens with zero attached hydrogens (tertiary/aromatic N) is 4. The van der Waals surface area contributed by atoms with Crippen LogP contribution in [-0.4, -0.2) is 49.6 Å². The van der Waals surface area contributed by atoms with E-state index in [1.807, 2.05) is 37.3 Å². The molecule has 9 heteroatoms. The van der Waals surface area contributed by atoms with Crippen molar-refractivity contribution in [1.82, 2.24) is 30.6 Å². The van der Waals surface area contributed by atoms with Crippen molar-refractivity contribution in [3.05, 3.63) is 53.2 Å². The van der Waals surface area contributed by atoms with Gasteiger partial charge in [-0.05, 0) is 20.3 Å². The molecular formula is C21H24N6O3. The summed E-state index contributed by atoms with van der Waals surface area (Å²) in [6, 6.07) is 9.19. The van der Waals surface area contributed by atoms with Crippen LogP contribution in [0.2, 0.25) is 0 Å². The fraction of sp³-hybridized carbons (Fsp3) is 0.381. The lowest BCUT2D eigenvalue weighted by molar-refractivity contribution is -0.131. The second kappa shape index (κ2) is 8.10. The summed E-state index contributed by atoms with van der Waals surface area (Å²) in [5.74, 6) is 1.63. The number of aryl methyl sites for hydroxylation is 2. The third kappa shape index (κ3) is 3.96. The molecule has 9 nitrogen and oxygen atoms in total. The number of benzene rings is 1. The van der Waals surface area contributed by atoms with Gasteiger partial charge in [-0.15, -0.1) is 0 Å². The van der Waals surface area contributed by atoms with Crippen LogP contribution < -0.4 is 5.32 Å². The smallest absolute Gasteiger partial charge is 0.227 e. The Kier molecular flexibility index (Phi) is 5.35. The lowest BCUT2D eigenvalue weighted by atomic mass is 10.1. The minimum atomic E-state index is -0.306. The molecule has 4 rings (SSSR count). The summed E-state index contributed by atoms with van der Waals surface area (Å²) < 4.78 is 5.19. The Bertz CT molecular complexity index is 1040. The summed E-state index contributed by atoms with van der Waals surface area (Å²) in [4.78, 5) is 31.2. The highest BCUT2D eigenvalue weighted by molar-refractivity contribution is 5.80. The molecular weight excluding hydrogens is 384 g/mol. The van der Waals surface area contributed by atoms with E-state index < -0.39 is 0 Å². The first kappa shape index (κ1) is 19.8. The first-order valence-corrected chi connectivity index (χ1v) is 9.88. The van der Waals surface area contributed by atoms with Crippen LogP contribution in [0.25, 0.3) is 11.4 Å². The standard InChI is InChI=1S/C21H24N6O3/c1-12-17(13(2)30-26-12)10-19(29)27-11-16(22-14(3)28)9-18(27)21-23-20(24-25-21)15-7-5-4-6-8-15/h4-8,16,18H,9-11H2,1-3H3,(H,22,28)(H,23,24,25)/t16-,18-/m0/s1. The predicted octanol–water partition coefficient (Wildman–Crippen LogP) is 2.10. The quantitative estimate of drug-likeness (QED) is 0.668. The van der Waals surface area contributed by atoms with Gasteiger partial charge in [-0.3, -0.25) is 14.7 Å². The maximum atomic E-state index is 13.2. The molecule has 0 spiro atoms. The summed E-state index contributed by atoms with van der Waals surface area (Å²) in [5.41, 5.74) is 2.40. The molecule has 2 aromatic heterocycles. The van der Waals surface area contributed by atoms with Gasteiger partial charge in [-0.25, -0.2) is 4.98 Å². The zero-order chi connectivity index (χ0) is 21.3. The fourth-order valence-corrected chi connectivity index (χ4v) is 3.91. The molecule has 0 bridgehead atoms. The second-order valence-electron chi connectivity index (χ2n) is 7.58. The third-order valence-corrected chi connectivity index (χ3v) is 5.39. The molecule has 2 amide bonds. The number of likely N-dealkylation sites (tertiary alicyclic amines) is 1. The van der Waals surface area contributed by atoms with Gasteiger partial charge in [-0.1, -0.05) is 35.5 Å². The molecule has 0 saturated carbocycles. The average Bonchev–Trinajstić information content (AvgIpc) is 3.43. The van der Waals surface area contributed by atoms with Gasteiger partial charge < -0.3 is 14.7 Å². The minimum Gasteiger partial charge on any atom is -0.361 e. The van der Waals surface area contributed by atoms with E-state index in [1.54, 1.807) is 11.8 Å². The second-order valence-corrected chi connectivity index (χ2v) is 7.58. The number of rotatable bonds is 5. The Balaban J connectivity index is 1.59. The van der Waals surface area contributed by atoms with Crippen LogP contribution in [0.3, 0.4) is 0 Å². The molecule has 1 fully saturated rings. The number of amides is 2. The van der Waals surface area contributed by atoms with Gasteiger partial charge in [-0.2, -0.15) is 5.10 Å². The number of nitrogens with one attached hydrogen (secondary N) is 2. The lowest BCUT2D eigenvalue weighted by Crippen LogP contribution is -2.38. The number of hydrogen-bond acceptors (Lipinski definition) is 6. The molecule has 156 valence electrons. The van der Waals surface area contributed by atoms with E-state index in [4.69, 9.17) is 4.52 Å². The summed E-state index contributed by atoms with van der Waals surface area (Å²) in [5, 5.41) is 14.2. The Morgan fingerprint density at radius 2 is 2.03 bits per heavy atom. The number of aromatic amines is 1. The van der Waals surface area contributed by atoms with Crippen LogP contribution >= 0.6 is 0 Å². The van der Waals surface area contributed by atoms with Gasteiger partial charge in [0, 0.05) is 30.6 Å². The topological polar surface area (TPSA) is 117 Å². The number of carbonyl (C=O) groups is 2. The van der Waals surface area contributed by atoms with E-state index in [0.29, 0.717) is 36.1 Å². The number of carbonyl (C=O) groups excluding carboxylic acids is 2. The van der Waals surface area contributed by atoms with Crippen LogP contribution in [0.5, 0.6) is 0 Å². The molecule has 3 aromatic rings. The van der Waals surface area contributed by atoms with Gasteiger partial charge in [0.05, 0.1) is 18.2 Å². The summed E-state index contributed by atoms with van der Waals surface area (Å²) in [6.07, 6.45) is 0.750. The predicted molar refractivity (Wildman–Crippen MR) is 108 cm³/mol. The van der Waals surface area contributed by atoms with Crippen LogP contribution in [0.15, 0.2) is 34.9 Å². The maximum absolute atomic E-state index is 13.2. The van der Waals surface area contributed by atoms with Gasteiger partial charge in [0.2, 0.25) is 11.8 Å². The highest BCUT2D eigenvalue weighted by Gasteiger charge is 2.38. The van der Waals surface area contributed by atoms with Gasteiger partial charge >= 0.3 is 0 Å². The van der Waals surface area contributed by atoms with E-state index in [2.05, 4.69) is 25.7 Å². The molecule has 0 aliphatic carbocycles.